The number of nitro benzene ring substituents is 1. The lowest BCUT2D eigenvalue weighted by Gasteiger charge is -2.13. The topological polar surface area (TPSA) is 97.1 Å². The summed E-state index contributed by atoms with van der Waals surface area (Å²) >= 11 is 0. The maximum atomic E-state index is 11.8. The average molecular weight is 359 g/mol. The van der Waals surface area contributed by atoms with E-state index in [1.54, 1.807) is 24.3 Å². The van der Waals surface area contributed by atoms with Gasteiger partial charge in [0.2, 0.25) is 5.75 Å². The summed E-state index contributed by atoms with van der Waals surface area (Å²) in [7, 11) is 2.67. The van der Waals surface area contributed by atoms with E-state index in [1.807, 2.05) is 0 Å². The van der Waals surface area contributed by atoms with E-state index in [2.05, 4.69) is 11.3 Å². The predicted octanol–water partition coefficient (Wildman–Crippen LogP) is 3.75. The molecule has 8 nitrogen and oxygen atoms in total. The fraction of sp³-hybridized carbons (Fsp3) is 0.167. The number of nitrogens with zero attached hydrogens (tertiary/aromatic N) is 1. The number of nitro groups is 1. The van der Waals surface area contributed by atoms with E-state index in [1.165, 1.54) is 26.4 Å². The minimum atomic E-state index is -0.732. The largest absolute Gasteiger partial charge is 0.497 e. The highest BCUT2D eigenvalue weighted by Gasteiger charge is 2.26. The van der Waals surface area contributed by atoms with Gasteiger partial charge in [0.1, 0.15) is 18.1 Å². The highest BCUT2D eigenvalue weighted by atomic mass is 16.6. The smallest absolute Gasteiger partial charge is 0.338 e. The number of ether oxygens (including phenoxy) is 4. The molecule has 0 spiro atoms. The molecule has 8 heteroatoms. The number of benzene rings is 2. The van der Waals surface area contributed by atoms with Crippen LogP contribution in [0.1, 0.15) is 10.4 Å². The number of hydrogen-bond acceptors (Lipinski definition) is 7. The number of hydrogen-bond donors (Lipinski definition) is 0. The van der Waals surface area contributed by atoms with Gasteiger partial charge in [-0.2, -0.15) is 0 Å². The molecule has 0 saturated heterocycles. The Morgan fingerprint density at radius 3 is 2.58 bits per heavy atom. The van der Waals surface area contributed by atoms with Crippen molar-refractivity contribution in [3.8, 4) is 23.0 Å². The molecule has 0 aliphatic rings. The van der Waals surface area contributed by atoms with Crippen molar-refractivity contribution in [1.29, 1.82) is 0 Å². The van der Waals surface area contributed by atoms with E-state index in [-0.39, 0.29) is 23.7 Å². The number of carbonyl (C=O) groups excluding carboxylic acids is 1. The molecular weight excluding hydrogens is 342 g/mol. The molecular formula is C18H17NO7. The van der Waals surface area contributed by atoms with E-state index in [0.29, 0.717) is 11.5 Å². The van der Waals surface area contributed by atoms with Gasteiger partial charge in [0.05, 0.1) is 24.7 Å². The number of carbonyl (C=O) groups is 1. The molecule has 0 saturated carbocycles. The summed E-state index contributed by atoms with van der Waals surface area (Å²) in [6, 6.07) is 8.94. The van der Waals surface area contributed by atoms with Gasteiger partial charge in [-0.15, -0.1) is 0 Å². The van der Waals surface area contributed by atoms with Gasteiger partial charge in [0.15, 0.2) is 5.75 Å². The molecule has 0 heterocycles. The fourth-order valence-corrected chi connectivity index (χ4v) is 2.10. The molecule has 0 unspecified atom stereocenters. The third-order valence-corrected chi connectivity index (χ3v) is 3.27. The molecule has 2 rings (SSSR count). The van der Waals surface area contributed by atoms with Gasteiger partial charge in [-0.1, -0.05) is 18.7 Å². The second-order valence-corrected chi connectivity index (χ2v) is 4.95. The monoisotopic (exact) mass is 359 g/mol. The first kappa shape index (κ1) is 18.8. The molecule has 0 bridgehead atoms. The molecule has 26 heavy (non-hydrogen) atoms. The van der Waals surface area contributed by atoms with E-state index < -0.39 is 16.6 Å². The Bertz CT molecular complexity index is 832. The number of rotatable bonds is 8. The summed E-state index contributed by atoms with van der Waals surface area (Å²) in [6.07, 6.45) is 1.46. The standard InChI is InChI=1S/C18H17NO7/c1-4-8-25-16-10-12(18(20)24-3)9-15(19(21)22)17(16)26-14-7-5-6-13(11-14)23-2/h4-7,9-11H,1,8H2,2-3H3. The van der Waals surface area contributed by atoms with Crippen LogP contribution in [0.5, 0.6) is 23.0 Å². The molecule has 0 fully saturated rings. The minimum absolute atomic E-state index is 0.0160. The molecule has 0 aromatic heterocycles. The van der Waals surface area contributed by atoms with Gasteiger partial charge in [-0.25, -0.2) is 4.79 Å². The highest BCUT2D eigenvalue weighted by molar-refractivity contribution is 5.91. The molecule has 2 aromatic rings. The van der Waals surface area contributed by atoms with E-state index in [9.17, 15) is 14.9 Å². The van der Waals surface area contributed by atoms with Crippen LogP contribution in [0.15, 0.2) is 49.1 Å². The fourth-order valence-electron chi connectivity index (χ4n) is 2.10. The van der Waals surface area contributed by atoms with Crippen LogP contribution in [-0.4, -0.2) is 31.7 Å². The van der Waals surface area contributed by atoms with Gasteiger partial charge in [0, 0.05) is 12.1 Å². The molecule has 0 amide bonds. The van der Waals surface area contributed by atoms with Crippen LogP contribution in [0.2, 0.25) is 0 Å². The van der Waals surface area contributed by atoms with E-state index in [4.69, 9.17) is 14.2 Å². The summed E-state index contributed by atoms with van der Waals surface area (Å²) in [5.74, 6) is -0.0313. The second kappa shape index (κ2) is 8.52. The van der Waals surface area contributed by atoms with Crippen LogP contribution in [0.25, 0.3) is 0 Å². The molecule has 0 aliphatic carbocycles. The van der Waals surface area contributed by atoms with Gasteiger partial charge >= 0.3 is 11.7 Å². The van der Waals surface area contributed by atoms with Crippen molar-refractivity contribution in [1.82, 2.24) is 0 Å². The summed E-state index contributed by atoms with van der Waals surface area (Å²) in [6.45, 7) is 3.60. The first-order valence-electron chi connectivity index (χ1n) is 7.46. The van der Waals surface area contributed by atoms with Crippen molar-refractivity contribution in [2.75, 3.05) is 20.8 Å². The number of methoxy groups -OCH3 is 2. The van der Waals surface area contributed by atoms with Crippen molar-refractivity contribution in [3.63, 3.8) is 0 Å². The Morgan fingerprint density at radius 2 is 1.96 bits per heavy atom. The second-order valence-electron chi connectivity index (χ2n) is 4.95. The molecule has 136 valence electrons. The Kier molecular flexibility index (Phi) is 6.15. The van der Waals surface area contributed by atoms with Crippen LogP contribution < -0.4 is 14.2 Å². The molecule has 0 N–H and O–H groups in total. The van der Waals surface area contributed by atoms with Crippen LogP contribution in [0, 0.1) is 10.1 Å². The van der Waals surface area contributed by atoms with Gasteiger partial charge in [-0.05, 0) is 18.2 Å². The van der Waals surface area contributed by atoms with Gasteiger partial charge in [-0.3, -0.25) is 10.1 Å². The lowest BCUT2D eigenvalue weighted by Crippen LogP contribution is -2.06. The molecule has 0 radical (unpaired) electrons. The lowest BCUT2D eigenvalue weighted by atomic mass is 10.1. The Balaban J connectivity index is 2.57. The number of esters is 1. The van der Waals surface area contributed by atoms with Crippen molar-refractivity contribution in [3.05, 3.63) is 64.7 Å². The van der Waals surface area contributed by atoms with Crippen LogP contribution in [0.4, 0.5) is 5.69 Å². The van der Waals surface area contributed by atoms with Gasteiger partial charge in [0.25, 0.3) is 0 Å². The van der Waals surface area contributed by atoms with Crippen LogP contribution >= 0.6 is 0 Å². The SMILES string of the molecule is C=CCOc1cc(C(=O)OC)cc([N+](=O)[O-])c1Oc1cccc(OC)c1. The van der Waals surface area contributed by atoms with Crippen LogP contribution in [0.3, 0.4) is 0 Å². The summed E-state index contributed by atoms with van der Waals surface area (Å²) in [5.41, 5.74) is -0.467. The normalized spacial score (nSPS) is 9.92. The van der Waals surface area contributed by atoms with Crippen molar-refractivity contribution in [2.24, 2.45) is 0 Å². The zero-order valence-corrected chi connectivity index (χ0v) is 14.3. The maximum Gasteiger partial charge on any atom is 0.338 e. The third kappa shape index (κ3) is 4.29. The highest BCUT2D eigenvalue weighted by Crippen LogP contribution is 2.42. The maximum absolute atomic E-state index is 11.8. The quantitative estimate of drug-likeness (QED) is 0.306. The first-order chi connectivity index (χ1) is 12.5. The predicted molar refractivity (Wildman–Crippen MR) is 93.2 cm³/mol. The van der Waals surface area contributed by atoms with Gasteiger partial charge < -0.3 is 18.9 Å². The molecule has 2 aromatic carbocycles. The Morgan fingerprint density at radius 1 is 1.23 bits per heavy atom. The minimum Gasteiger partial charge on any atom is -0.497 e. The van der Waals surface area contributed by atoms with Crippen molar-refractivity contribution in [2.45, 2.75) is 0 Å². The molecule has 0 atom stereocenters. The zero-order valence-electron chi connectivity index (χ0n) is 14.3. The first-order valence-corrected chi connectivity index (χ1v) is 7.46. The summed E-state index contributed by atoms with van der Waals surface area (Å²) < 4.78 is 20.9. The van der Waals surface area contributed by atoms with E-state index in [0.717, 1.165) is 6.07 Å². The lowest BCUT2D eigenvalue weighted by molar-refractivity contribution is -0.385. The average Bonchev–Trinajstić information content (AvgIpc) is 2.66. The Labute approximate surface area is 149 Å². The van der Waals surface area contributed by atoms with E-state index >= 15 is 0 Å². The zero-order chi connectivity index (χ0) is 19.1. The summed E-state index contributed by atoms with van der Waals surface area (Å²) in [4.78, 5) is 22.6. The van der Waals surface area contributed by atoms with Crippen LogP contribution in [-0.2, 0) is 4.74 Å². The Hall–Kier alpha value is -3.55. The van der Waals surface area contributed by atoms with Crippen molar-refractivity contribution < 1.29 is 28.7 Å². The molecule has 0 aliphatic heterocycles. The third-order valence-electron chi connectivity index (χ3n) is 3.27. The summed E-state index contributed by atoms with van der Waals surface area (Å²) in [5, 5.41) is 11.5. The van der Waals surface area contributed by atoms with Crippen molar-refractivity contribution >= 4 is 11.7 Å².